The lowest BCUT2D eigenvalue weighted by molar-refractivity contribution is 0.414. The van der Waals surface area contributed by atoms with Crippen molar-refractivity contribution in [2.24, 2.45) is 7.05 Å². The van der Waals surface area contributed by atoms with E-state index in [1.165, 1.54) is 0 Å². The number of aromatic nitrogens is 3. The first-order chi connectivity index (χ1) is 13.2. The van der Waals surface area contributed by atoms with Gasteiger partial charge in [-0.15, -0.1) is 0 Å². The van der Waals surface area contributed by atoms with Crippen molar-refractivity contribution in [3.63, 3.8) is 0 Å². The normalized spacial score (nSPS) is 10.8. The SMILES string of the molecule is COc1ccc(-c2nc(-c3cccn3C)[nH]c2-c2ccc(OC)cc2)cc1. The van der Waals surface area contributed by atoms with Crippen molar-refractivity contribution in [2.45, 2.75) is 0 Å². The zero-order valence-electron chi connectivity index (χ0n) is 15.6. The maximum Gasteiger partial charge on any atom is 0.155 e. The van der Waals surface area contributed by atoms with E-state index < -0.39 is 0 Å². The maximum atomic E-state index is 5.28. The molecule has 5 heteroatoms. The van der Waals surface area contributed by atoms with Crippen LogP contribution in [-0.4, -0.2) is 28.8 Å². The number of ether oxygens (including phenoxy) is 2. The third-order valence-electron chi connectivity index (χ3n) is 4.63. The summed E-state index contributed by atoms with van der Waals surface area (Å²) >= 11 is 0. The topological polar surface area (TPSA) is 52.1 Å². The molecule has 2 aromatic carbocycles. The van der Waals surface area contributed by atoms with E-state index in [1.807, 2.05) is 67.8 Å². The number of imidazole rings is 1. The van der Waals surface area contributed by atoms with Crippen LogP contribution in [0.2, 0.25) is 0 Å². The fourth-order valence-corrected chi connectivity index (χ4v) is 3.13. The molecule has 0 unspecified atom stereocenters. The van der Waals surface area contributed by atoms with Crippen molar-refractivity contribution in [2.75, 3.05) is 14.2 Å². The number of nitrogens with zero attached hydrogens (tertiary/aromatic N) is 2. The Kier molecular flexibility index (Phi) is 4.42. The first kappa shape index (κ1) is 17.0. The molecule has 2 heterocycles. The Bertz CT molecular complexity index is 979. The van der Waals surface area contributed by atoms with Gasteiger partial charge >= 0.3 is 0 Å². The smallest absolute Gasteiger partial charge is 0.155 e. The molecule has 0 aliphatic carbocycles. The monoisotopic (exact) mass is 359 g/mol. The van der Waals surface area contributed by atoms with Crippen molar-refractivity contribution in [1.29, 1.82) is 0 Å². The Balaban J connectivity index is 1.86. The predicted octanol–water partition coefficient (Wildman–Crippen LogP) is 4.77. The molecule has 136 valence electrons. The van der Waals surface area contributed by atoms with Crippen molar-refractivity contribution in [3.8, 4) is 45.5 Å². The summed E-state index contributed by atoms with van der Waals surface area (Å²) in [5.74, 6) is 2.48. The van der Waals surface area contributed by atoms with Crippen LogP contribution in [0.25, 0.3) is 34.0 Å². The van der Waals surface area contributed by atoms with E-state index in [9.17, 15) is 0 Å². The van der Waals surface area contributed by atoms with Gasteiger partial charge in [0.25, 0.3) is 0 Å². The van der Waals surface area contributed by atoms with E-state index in [4.69, 9.17) is 14.5 Å². The number of benzene rings is 2. The number of aryl methyl sites for hydroxylation is 1. The summed E-state index contributed by atoms with van der Waals surface area (Å²) < 4.78 is 12.6. The largest absolute Gasteiger partial charge is 0.497 e. The van der Waals surface area contributed by atoms with E-state index in [0.717, 1.165) is 45.5 Å². The predicted molar refractivity (Wildman–Crippen MR) is 107 cm³/mol. The van der Waals surface area contributed by atoms with Crippen LogP contribution in [0.1, 0.15) is 0 Å². The van der Waals surface area contributed by atoms with E-state index in [-0.39, 0.29) is 0 Å². The van der Waals surface area contributed by atoms with E-state index in [0.29, 0.717) is 0 Å². The molecule has 1 N–H and O–H groups in total. The quantitative estimate of drug-likeness (QED) is 0.559. The van der Waals surface area contributed by atoms with Crippen molar-refractivity contribution in [1.82, 2.24) is 14.5 Å². The first-order valence-corrected chi connectivity index (χ1v) is 8.70. The van der Waals surface area contributed by atoms with Gasteiger partial charge < -0.3 is 19.0 Å². The number of methoxy groups -OCH3 is 2. The molecule has 0 saturated heterocycles. The molecule has 0 aliphatic heterocycles. The molecule has 0 radical (unpaired) electrons. The lowest BCUT2D eigenvalue weighted by Gasteiger charge is -2.06. The number of aromatic amines is 1. The number of rotatable bonds is 5. The van der Waals surface area contributed by atoms with Gasteiger partial charge in [0.05, 0.1) is 31.3 Å². The molecule has 0 atom stereocenters. The Morgan fingerprint density at radius 1 is 0.815 bits per heavy atom. The minimum absolute atomic E-state index is 0.822. The van der Waals surface area contributed by atoms with Crippen molar-refractivity contribution in [3.05, 3.63) is 66.9 Å². The molecule has 0 saturated carbocycles. The standard InChI is InChI=1S/C22H21N3O2/c1-25-14-4-5-19(25)22-23-20(15-6-10-17(26-2)11-7-15)21(24-22)16-8-12-18(27-3)13-9-16/h4-14H,1-3H3,(H,23,24). The van der Waals surface area contributed by atoms with Crippen LogP contribution in [0.5, 0.6) is 11.5 Å². The average molecular weight is 359 g/mol. The van der Waals surface area contributed by atoms with E-state index >= 15 is 0 Å². The zero-order chi connectivity index (χ0) is 18.8. The van der Waals surface area contributed by atoms with Gasteiger partial charge in [-0.25, -0.2) is 4.98 Å². The molecular weight excluding hydrogens is 338 g/mol. The molecule has 0 aliphatic rings. The van der Waals surface area contributed by atoms with Gasteiger partial charge in [0.1, 0.15) is 11.5 Å². The second kappa shape index (κ2) is 7.03. The van der Waals surface area contributed by atoms with Gasteiger partial charge in [-0.05, 0) is 60.7 Å². The molecule has 0 fully saturated rings. The summed E-state index contributed by atoms with van der Waals surface area (Å²) in [6.45, 7) is 0. The Morgan fingerprint density at radius 2 is 1.41 bits per heavy atom. The van der Waals surface area contributed by atoms with Crippen LogP contribution in [-0.2, 0) is 7.05 Å². The first-order valence-electron chi connectivity index (χ1n) is 8.70. The summed E-state index contributed by atoms with van der Waals surface area (Å²) in [4.78, 5) is 8.41. The third-order valence-corrected chi connectivity index (χ3v) is 4.63. The highest BCUT2D eigenvalue weighted by Gasteiger charge is 2.16. The van der Waals surface area contributed by atoms with E-state index in [2.05, 4.69) is 15.6 Å². The Labute approximate surface area is 158 Å². The van der Waals surface area contributed by atoms with Crippen molar-refractivity contribution < 1.29 is 9.47 Å². The van der Waals surface area contributed by atoms with Crippen LogP contribution < -0.4 is 9.47 Å². The molecule has 2 aromatic heterocycles. The molecular formula is C22H21N3O2. The lowest BCUT2D eigenvalue weighted by atomic mass is 10.0. The summed E-state index contributed by atoms with van der Waals surface area (Å²) in [5.41, 5.74) is 4.98. The van der Waals surface area contributed by atoms with Gasteiger partial charge in [-0.2, -0.15) is 0 Å². The molecule has 4 aromatic rings. The van der Waals surface area contributed by atoms with Crippen LogP contribution in [0.4, 0.5) is 0 Å². The van der Waals surface area contributed by atoms with Gasteiger partial charge in [-0.3, -0.25) is 0 Å². The van der Waals surface area contributed by atoms with Crippen LogP contribution in [0, 0.1) is 0 Å². The minimum Gasteiger partial charge on any atom is -0.497 e. The van der Waals surface area contributed by atoms with Gasteiger partial charge in [0, 0.05) is 24.4 Å². The summed E-state index contributed by atoms with van der Waals surface area (Å²) in [5, 5.41) is 0. The molecule has 0 bridgehead atoms. The lowest BCUT2D eigenvalue weighted by Crippen LogP contribution is -1.90. The molecule has 5 nitrogen and oxygen atoms in total. The number of hydrogen-bond donors (Lipinski definition) is 1. The van der Waals surface area contributed by atoms with Gasteiger partial charge in [0.15, 0.2) is 5.82 Å². The minimum atomic E-state index is 0.822. The summed E-state index contributed by atoms with van der Waals surface area (Å²) in [7, 11) is 5.35. The van der Waals surface area contributed by atoms with Gasteiger partial charge in [-0.1, -0.05) is 0 Å². The molecule has 4 rings (SSSR count). The highest BCUT2D eigenvalue weighted by molar-refractivity contribution is 5.81. The fraction of sp³-hybridized carbons (Fsp3) is 0.136. The zero-order valence-corrected chi connectivity index (χ0v) is 15.6. The van der Waals surface area contributed by atoms with Crippen molar-refractivity contribution >= 4 is 0 Å². The highest BCUT2D eigenvalue weighted by atomic mass is 16.5. The Morgan fingerprint density at radius 3 is 1.93 bits per heavy atom. The number of H-pyrrole nitrogens is 1. The molecule has 27 heavy (non-hydrogen) atoms. The molecule has 0 amide bonds. The second-order valence-corrected chi connectivity index (χ2v) is 6.27. The summed E-state index contributed by atoms with van der Waals surface area (Å²) in [6, 6.07) is 20.0. The molecule has 0 spiro atoms. The summed E-state index contributed by atoms with van der Waals surface area (Å²) in [6.07, 6.45) is 2.01. The number of hydrogen-bond acceptors (Lipinski definition) is 3. The van der Waals surface area contributed by atoms with Crippen LogP contribution in [0.15, 0.2) is 66.9 Å². The highest BCUT2D eigenvalue weighted by Crippen LogP contribution is 2.34. The second-order valence-electron chi connectivity index (χ2n) is 6.27. The third kappa shape index (κ3) is 3.19. The van der Waals surface area contributed by atoms with Crippen LogP contribution >= 0.6 is 0 Å². The van der Waals surface area contributed by atoms with Crippen LogP contribution in [0.3, 0.4) is 0 Å². The van der Waals surface area contributed by atoms with E-state index in [1.54, 1.807) is 14.2 Å². The fourth-order valence-electron chi connectivity index (χ4n) is 3.13. The van der Waals surface area contributed by atoms with Gasteiger partial charge in [0.2, 0.25) is 0 Å². The number of nitrogens with one attached hydrogen (secondary N) is 1. The maximum absolute atomic E-state index is 5.28. The average Bonchev–Trinajstić information content (AvgIpc) is 3.34. The Hall–Kier alpha value is -3.47.